The second-order valence-corrected chi connectivity index (χ2v) is 6.69. The number of likely N-dealkylation sites (tertiary alicyclic amines) is 1. The van der Waals surface area contributed by atoms with Gasteiger partial charge in [0.25, 0.3) is 0 Å². The predicted octanol–water partition coefficient (Wildman–Crippen LogP) is 2.54. The third-order valence-corrected chi connectivity index (χ3v) is 4.72. The fourth-order valence-electron chi connectivity index (χ4n) is 3.21. The van der Waals surface area contributed by atoms with E-state index in [0.717, 1.165) is 16.9 Å². The van der Waals surface area contributed by atoms with E-state index >= 15 is 0 Å². The van der Waals surface area contributed by atoms with Gasteiger partial charge < -0.3 is 15.0 Å². The average Bonchev–Trinajstić information content (AvgIpc) is 3.04. The van der Waals surface area contributed by atoms with Crippen molar-refractivity contribution >= 4 is 11.8 Å². The molecular weight excluding hydrogens is 347 g/mol. The molecule has 0 saturated carbocycles. The van der Waals surface area contributed by atoms with Gasteiger partial charge in [-0.3, -0.25) is 9.59 Å². The third-order valence-electron chi connectivity index (χ3n) is 4.72. The molecular formula is C21H23FN2O3. The van der Waals surface area contributed by atoms with E-state index in [2.05, 4.69) is 5.32 Å². The summed E-state index contributed by atoms with van der Waals surface area (Å²) in [5, 5.41) is 2.91. The second-order valence-electron chi connectivity index (χ2n) is 6.69. The van der Waals surface area contributed by atoms with Crippen molar-refractivity contribution in [3.05, 3.63) is 65.5 Å². The van der Waals surface area contributed by atoms with Gasteiger partial charge in [-0.25, -0.2) is 4.39 Å². The summed E-state index contributed by atoms with van der Waals surface area (Å²) < 4.78 is 18.2. The Balaban J connectivity index is 1.47. The standard InChI is InChI=1S/C21H23FN2O3/c1-27-19-4-2-3-15(11-19)9-10-23-21(26)17-12-20(25)24(14-17)13-16-5-7-18(22)8-6-16/h2-8,11,17H,9-10,12-14H2,1H3,(H,23,26). The minimum Gasteiger partial charge on any atom is -0.497 e. The van der Waals surface area contributed by atoms with Gasteiger partial charge in [-0.05, 0) is 41.8 Å². The largest absolute Gasteiger partial charge is 0.497 e. The minimum absolute atomic E-state index is 0.0488. The molecule has 0 aliphatic carbocycles. The van der Waals surface area contributed by atoms with Gasteiger partial charge in [0.2, 0.25) is 11.8 Å². The number of rotatable bonds is 7. The highest BCUT2D eigenvalue weighted by atomic mass is 19.1. The molecule has 1 N–H and O–H groups in total. The molecule has 142 valence electrons. The maximum absolute atomic E-state index is 13.0. The normalized spacial score (nSPS) is 16.4. The number of halogens is 1. The maximum atomic E-state index is 13.0. The van der Waals surface area contributed by atoms with Gasteiger partial charge in [0.1, 0.15) is 11.6 Å². The number of carbonyl (C=O) groups is 2. The van der Waals surface area contributed by atoms with Crippen LogP contribution in [0, 0.1) is 11.7 Å². The summed E-state index contributed by atoms with van der Waals surface area (Å²) in [6.07, 6.45) is 0.912. The highest BCUT2D eigenvalue weighted by Crippen LogP contribution is 2.20. The van der Waals surface area contributed by atoms with E-state index in [1.54, 1.807) is 24.1 Å². The van der Waals surface area contributed by atoms with Gasteiger partial charge in [0.05, 0.1) is 13.0 Å². The van der Waals surface area contributed by atoms with E-state index in [-0.39, 0.29) is 30.0 Å². The van der Waals surface area contributed by atoms with Gasteiger partial charge in [-0.15, -0.1) is 0 Å². The Morgan fingerprint density at radius 2 is 2.00 bits per heavy atom. The molecule has 1 aliphatic rings. The van der Waals surface area contributed by atoms with Gasteiger partial charge in [0, 0.05) is 26.1 Å². The molecule has 1 heterocycles. The van der Waals surface area contributed by atoms with Crippen molar-refractivity contribution in [3.63, 3.8) is 0 Å². The van der Waals surface area contributed by atoms with E-state index in [1.807, 2.05) is 24.3 Å². The number of amides is 2. The molecule has 2 amide bonds. The third kappa shape index (κ3) is 5.06. The van der Waals surface area contributed by atoms with Crippen LogP contribution < -0.4 is 10.1 Å². The fourth-order valence-corrected chi connectivity index (χ4v) is 3.21. The van der Waals surface area contributed by atoms with Crippen LogP contribution in [0.4, 0.5) is 4.39 Å². The quantitative estimate of drug-likeness (QED) is 0.815. The summed E-state index contributed by atoms with van der Waals surface area (Å²) in [5.74, 6) is -0.0141. The van der Waals surface area contributed by atoms with Crippen molar-refractivity contribution in [2.75, 3.05) is 20.2 Å². The summed E-state index contributed by atoms with van der Waals surface area (Å²) >= 11 is 0. The Labute approximate surface area is 158 Å². The minimum atomic E-state index is -0.344. The zero-order chi connectivity index (χ0) is 19.2. The molecule has 27 heavy (non-hydrogen) atoms. The fraction of sp³-hybridized carbons (Fsp3) is 0.333. The van der Waals surface area contributed by atoms with Crippen LogP contribution in [0.15, 0.2) is 48.5 Å². The Kier molecular flexibility index (Phi) is 6.06. The SMILES string of the molecule is COc1cccc(CCNC(=O)C2CC(=O)N(Cc3ccc(F)cc3)C2)c1. The Bertz CT molecular complexity index is 807. The molecule has 0 bridgehead atoms. The molecule has 2 aromatic rings. The molecule has 1 atom stereocenters. The number of nitrogens with zero attached hydrogens (tertiary/aromatic N) is 1. The number of carbonyl (C=O) groups excluding carboxylic acids is 2. The van der Waals surface area contributed by atoms with Gasteiger partial charge >= 0.3 is 0 Å². The summed E-state index contributed by atoms with van der Waals surface area (Å²) in [5.41, 5.74) is 1.93. The zero-order valence-electron chi connectivity index (χ0n) is 15.3. The lowest BCUT2D eigenvalue weighted by atomic mass is 10.1. The number of hydrogen-bond acceptors (Lipinski definition) is 3. The van der Waals surface area contributed by atoms with E-state index in [9.17, 15) is 14.0 Å². The van der Waals surface area contributed by atoms with Crippen LogP contribution >= 0.6 is 0 Å². The predicted molar refractivity (Wildman–Crippen MR) is 99.6 cm³/mol. The van der Waals surface area contributed by atoms with Crippen LogP contribution in [0.1, 0.15) is 17.5 Å². The molecule has 0 aromatic heterocycles. The lowest BCUT2D eigenvalue weighted by Gasteiger charge is -2.16. The van der Waals surface area contributed by atoms with Gasteiger partial charge in [0.15, 0.2) is 0 Å². The first-order valence-electron chi connectivity index (χ1n) is 8.98. The highest BCUT2D eigenvalue weighted by molar-refractivity contribution is 5.89. The van der Waals surface area contributed by atoms with Crippen LogP contribution in [0.2, 0.25) is 0 Å². The molecule has 5 nitrogen and oxygen atoms in total. The molecule has 0 spiro atoms. The van der Waals surface area contributed by atoms with E-state index in [1.165, 1.54) is 12.1 Å². The molecule has 6 heteroatoms. The molecule has 2 aromatic carbocycles. The number of methoxy groups -OCH3 is 1. The van der Waals surface area contributed by atoms with Crippen LogP contribution in [0.25, 0.3) is 0 Å². The van der Waals surface area contributed by atoms with E-state index in [4.69, 9.17) is 4.74 Å². The summed E-state index contributed by atoms with van der Waals surface area (Å²) in [4.78, 5) is 26.2. The smallest absolute Gasteiger partial charge is 0.225 e. The van der Waals surface area contributed by atoms with Crippen LogP contribution in [0.3, 0.4) is 0 Å². The first-order chi connectivity index (χ1) is 13.0. The Morgan fingerprint density at radius 3 is 2.74 bits per heavy atom. The van der Waals surface area contributed by atoms with Crippen molar-refractivity contribution in [2.45, 2.75) is 19.4 Å². The van der Waals surface area contributed by atoms with Crippen molar-refractivity contribution in [2.24, 2.45) is 5.92 Å². The highest BCUT2D eigenvalue weighted by Gasteiger charge is 2.33. The van der Waals surface area contributed by atoms with E-state index < -0.39 is 0 Å². The lowest BCUT2D eigenvalue weighted by molar-refractivity contribution is -0.129. The molecule has 1 unspecified atom stereocenters. The van der Waals surface area contributed by atoms with Gasteiger partial charge in [-0.1, -0.05) is 24.3 Å². The molecule has 0 radical (unpaired) electrons. The molecule has 1 fully saturated rings. The van der Waals surface area contributed by atoms with E-state index in [0.29, 0.717) is 26.1 Å². The lowest BCUT2D eigenvalue weighted by Crippen LogP contribution is -2.34. The topological polar surface area (TPSA) is 58.6 Å². The summed E-state index contributed by atoms with van der Waals surface area (Å²) in [7, 11) is 1.62. The Morgan fingerprint density at radius 1 is 1.22 bits per heavy atom. The number of ether oxygens (including phenoxy) is 1. The van der Waals surface area contributed by atoms with Crippen LogP contribution in [0.5, 0.6) is 5.75 Å². The molecule has 1 saturated heterocycles. The van der Waals surface area contributed by atoms with Crippen molar-refractivity contribution < 1.29 is 18.7 Å². The number of nitrogens with one attached hydrogen (secondary N) is 1. The average molecular weight is 370 g/mol. The monoisotopic (exact) mass is 370 g/mol. The zero-order valence-corrected chi connectivity index (χ0v) is 15.3. The first kappa shape index (κ1) is 18.9. The maximum Gasteiger partial charge on any atom is 0.225 e. The van der Waals surface area contributed by atoms with Gasteiger partial charge in [-0.2, -0.15) is 0 Å². The summed E-state index contributed by atoms with van der Waals surface area (Å²) in [6, 6.07) is 13.8. The second kappa shape index (κ2) is 8.66. The molecule has 1 aliphatic heterocycles. The van der Waals surface area contributed by atoms with Crippen molar-refractivity contribution in [3.8, 4) is 5.75 Å². The molecule has 3 rings (SSSR count). The first-order valence-corrected chi connectivity index (χ1v) is 8.98. The Hall–Kier alpha value is -2.89. The summed E-state index contributed by atoms with van der Waals surface area (Å²) in [6.45, 7) is 1.29. The number of benzene rings is 2. The number of hydrogen-bond donors (Lipinski definition) is 1. The van der Waals surface area contributed by atoms with Crippen LogP contribution in [-0.4, -0.2) is 36.9 Å². The van der Waals surface area contributed by atoms with Crippen LogP contribution in [-0.2, 0) is 22.6 Å². The van der Waals surface area contributed by atoms with Crippen molar-refractivity contribution in [1.29, 1.82) is 0 Å². The van der Waals surface area contributed by atoms with Crippen molar-refractivity contribution in [1.82, 2.24) is 10.2 Å².